The molecular formula is C23H28N6O3. The van der Waals surface area contributed by atoms with Gasteiger partial charge in [-0.25, -0.2) is 19.3 Å². The molecule has 0 N–H and O–H groups in total. The minimum absolute atomic E-state index is 0.135. The maximum Gasteiger partial charge on any atom is 0.410 e. The first kappa shape index (κ1) is 20.5. The van der Waals surface area contributed by atoms with Gasteiger partial charge in [0.25, 0.3) is 0 Å². The van der Waals surface area contributed by atoms with E-state index in [0.717, 1.165) is 48.5 Å². The van der Waals surface area contributed by atoms with Gasteiger partial charge >= 0.3 is 6.09 Å². The first-order valence-electron chi connectivity index (χ1n) is 10.9. The molecule has 2 aliphatic rings. The fourth-order valence-electron chi connectivity index (χ4n) is 4.66. The number of aromatic nitrogens is 4. The van der Waals surface area contributed by atoms with Gasteiger partial charge in [-0.1, -0.05) is 0 Å². The molecule has 0 saturated carbocycles. The Morgan fingerprint density at radius 2 is 1.88 bits per heavy atom. The Hall–Kier alpha value is -3.36. The number of carbonyl (C=O) groups is 1. The predicted octanol–water partition coefficient (Wildman–Crippen LogP) is 3.39. The van der Waals surface area contributed by atoms with Crippen molar-refractivity contribution in [1.82, 2.24) is 24.5 Å². The molecule has 2 bridgehead atoms. The van der Waals surface area contributed by atoms with Crippen LogP contribution in [0, 0.1) is 0 Å². The summed E-state index contributed by atoms with van der Waals surface area (Å²) in [6.07, 6.45) is 7.18. The summed E-state index contributed by atoms with van der Waals surface area (Å²) in [5, 5.41) is 4.46. The first-order chi connectivity index (χ1) is 15.3. The standard InChI is InChI=1S/C23H28N6O3/c1-23(2,3)32-22(30)29-16-5-6-17(29)13-27(12-16)19-8-10-25-28-14-18(26-21(19)28)15-7-9-24-20(11-15)31-4/h7-11,14,16-17H,5-6,12-13H2,1-4H3. The molecule has 2 aliphatic heterocycles. The van der Waals surface area contributed by atoms with Gasteiger partial charge in [-0.2, -0.15) is 5.10 Å². The van der Waals surface area contributed by atoms with Gasteiger partial charge in [0, 0.05) is 30.9 Å². The van der Waals surface area contributed by atoms with Crippen molar-refractivity contribution in [3.63, 3.8) is 0 Å². The van der Waals surface area contributed by atoms with Crippen molar-refractivity contribution in [3.05, 3.63) is 36.8 Å². The number of nitrogens with zero attached hydrogens (tertiary/aromatic N) is 6. The summed E-state index contributed by atoms with van der Waals surface area (Å²) in [5.41, 5.74) is 3.05. The highest BCUT2D eigenvalue weighted by Gasteiger charge is 2.44. The van der Waals surface area contributed by atoms with E-state index in [1.807, 2.05) is 50.1 Å². The van der Waals surface area contributed by atoms with Crippen LogP contribution in [0.3, 0.4) is 0 Å². The first-order valence-corrected chi connectivity index (χ1v) is 10.9. The molecule has 0 aliphatic carbocycles. The van der Waals surface area contributed by atoms with Crippen LogP contribution in [0.15, 0.2) is 36.8 Å². The number of amides is 1. The molecule has 2 unspecified atom stereocenters. The molecule has 32 heavy (non-hydrogen) atoms. The highest BCUT2D eigenvalue weighted by atomic mass is 16.6. The van der Waals surface area contributed by atoms with E-state index in [1.54, 1.807) is 24.0 Å². The molecule has 2 atom stereocenters. The molecule has 9 nitrogen and oxygen atoms in total. The summed E-state index contributed by atoms with van der Waals surface area (Å²) in [6, 6.07) is 6.04. The third kappa shape index (κ3) is 3.72. The Morgan fingerprint density at radius 3 is 2.56 bits per heavy atom. The van der Waals surface area contributed by atoms with Crippen molar-refractivity contribution in [2.75, 3.05) is 25.1 Å². The minimum atomic E-state index is -0.493. The lowest BCUT2D eigenvalue weighted by atomic mass is 10.1. The van der Waals surface area contributed by atoms with Crippen LogP contribution in [0.25, 0.3) is 16.9 Å². The van der Waals surface area contributed by atoms with E-state index in [1.165, 1.54) is 0 Å². The zero-order valence-electron chi connectivity index (χ0n) is 18.9. The van der Waals surface area contributed by atoms with E-state index in [2.05, 4.69) is 15.0 Å². The zero-order valence-corrected chi connectivity index (χ0v) is 18.9. The van der Waals surface area contributed by atoms with Crippen LogP contribution >= 0.6 is 0 Å². The Labute approximate surface area is 187 Å². The van der Waals surface area contributed by atoms with Crippen LogP contribution in [-0.4, -0.2) is 68.5 Å². The second-order valence-electron chi connectivity index (χ2n) is 9.38. The Balaban J connectivity index is 1.42. The SMILES string of the molecule is COc1cc(-c2cn3nccc(N4CC5CCC(C4)N5C(=O)OC(C)(C)C)c3n2)ccn1. The molecule has 168 valence electrons. The van der Waals surface area contributed by atoms with E-state index >= 15 is 0 Å². The number of anilines is 1. The Kier molecular flexibility index (Phi) is 4.91. The van der Waals surface area contributed by atoms with Gasteiger partial charge in [-0.3, -0.25) is 4.90 Å². The average molecular weight is 437 g/mol. The smallest absolute Gasteiger partial charge is 0.410 e. The average Bonchev–Trinajstić information content (AvgIpc) is 3.31. The zero-order chi connectivity index (χ0) is 22.5. The number of ether oxygens (including phenoxy) is 2. The van der Waals surface area contributed by atoms with Crippen molar-refractivity contribution in [3.8, 4) is 17.1 Å². The molecule has 0 spiro atoms. The summed E-state index contributed by atoms with van der Waals surface area (Å²) >= 11 is 0. The van der Waals surface area contributed by atoms with Crippen molar-refractivity contribution < 1.29 is 14.3 Å². The van der Waals surface area contributed by atoms with E-state index in [0.29, 0.717) is 5.88 Å². The summed E-state index contributed by atoms with van der Waals surface area (Å²) < 4.78 is 12.7. The number of fused-ring (bicyclic) bond motifs is 3. The van der Waals surface area contributed by atoms with E-state index < -0.39 is 5.60 Å². The summed E-state index contributed by atoms with van der Waals surface area (Å²) in [6.45, 7) is 7.22. The largest absolute Gasteiger partial charge is 0.481 e. The lowest BCUT2D eigenvalue weighted by Crippen LogP contribution is -2.56. The molecule has 1 amide bonds. The van der Waals surface area contributed by atoms with Crippen LogP contribution in [0.1, 0.15) is 33.6 Å². The van der Waals surface area contributed by atoms with E-state index in [4.69, 9.17) is 14.5 Å². The Morgan fingerprint density at radius 1 is 1.12 bits per heavy atom. The summed E-state index contributed by atoms with van der Waals surface area (Å²) in [5.74, 6) is 0.544. The normalized spacial score (nSPS) is 20.6. The molecule has 2 saturated heterocycles. The van der Waals surface area contributed by atoms with Gasteiger partial charge < -0.3 is 14.4 Å². The molecular weight excluding hydrogens is 408 g/mol. The van der Waals surface area contributed by atoms with Crippen molar-refractivity contribution >= 4 is 17.4 Å². The third-order valence-corrected chi connectivity index (χ3v) is 6.01. The maximum absolute atomic E-state index is 12.8. The second kappa shape index (κ2) is 7.65. The van der Waals surface area contributed by atoms with E-state index in [-0.39, 0.29) is 18.2 Å². The van der Waals surface area contributed by atoms with Crippen LogP contribution < -0.4 is 9.64 Å². The molecule has 3 aromatic heterocycles. The van der Waals surface area contributed by atoms with Crippen LogP contribution in [-0.2, 0) is 4.74 Å². The monoisotopic (exact) mass is 436 g/mol. The van der Waals surface area contributed by atoms with Crippen LogP contribution in [0.2, 0.25) is 0 Å². The molecule has 0 radical (unpaired) electrons. The number of hydrogen-bond donors (Lipinski definition) is 0. The summed E-state index contributed by atoms with van der Waals surface area (Å²) in [7, 11) is 1.60. The van der Waals surface area contributed by atoms with Crippen molar-refractivity contribution in [2.45, 2.75) is 51.3 Å². The van der Waals surface area contributed by atoms with Gasteiger partial charge in [-0.05, 0) is 45.7 Å². The van der Waals surface area contributed by atoms with Crippen molar-refractivity contribution in [1.29, 1.82) is 0 Å². The molecule has 5 rings (SSSR count). The molecule has 5 heterocycles. The lowest BCUT2D eigenvalue weighted by Gasteiger charge is -2.42. The molecule has 0 aromatic carbocycles. The topological polar surface area (TPSA) is 85.1 Å². The van der Waals surface area contributed by atoms with Crippen molar-refractivity contribution in [2.24, 2.45) is 0 Å². The van der Waals surface area contributed by atoms with Gasteiger partial charge in [0.2, 0.25) is 5.88 Å². The van der Waals surface area contributed by atoms with Gasteiger partial charge in [-0.15, -0.1) is 0 Å². The Bertz CT molecular complexity index is 1140. The van der Waals surface area contributed by atoms with Gasteiger partial charge in [0.1, 0.15) is 5.60 Å². The summed E-state index contributed by atoms with van der Waals surface area (Å²) in [4.78, 5) is 26.1. The predicted molar refractivity (Wildman–Crippen MR) is 120 cm³/mol. The molecule has 2 fully saturated rings. The third-order valence-electron chi connectivity index (χ3n) is 6.01. The molecule has 3 aromatic rings. The number of piperazine rings is 1. The van der Waals surface area contributed by atoms with Crippen LogP contribution in [0.4, 0.5) is 10.5 Å². The number of hydrogen-bond acceptors (Lipinski definition) is 7. The number of rotatable bonds is 3. The minimum Gasteiger partial charge on any atom is -0.481 e. The quantitative estimate of drug-likeness (QED) is 0.622. The second-order valence-corrected chi connectivity index (χ2v) is 9.38. The lowest BCUT2D eigenvalue weighted by molar-refractivity contribution is 0.0123. The van der Waals surface area contributed by atoms with Gasteiger partial charge in [0.15, 0.2) is 5.65 Å². The highest BCUT2D eigenvalue weighted by Crippen LogP contribution is 2.35. The fraction of sp³-hybridized carbons (Fsp3) is 0.478. The maximum atomic E-state index is 12.8. The molecule has 9 heteroatoms. The van der Waals surface area contributed by atoms with Crippen LogP contribution in [0.5, 0.6) is 5.88 Å². The highest BCUT2D eigenvalue weighted by molar-refractivity contribution is 5.75. The number of carbonyl (C=O) groups excluding carboxylic acids is 1. The van der Waals surface area contributed by atoms with E-state index in [9.17, 15) is 4.79 Å². The number of pyridine rings is 1. The van der Waals surface area contributed by atoms with Gasteiger partial charge in [0.05, 0.1) is 43.0 Å². The fourth-order valence-corrected chi connectivity index (χ4v) is 4.66. The number of imidazole rings is 1. The number of methoxy groups -OCH3 is 1.